The Morgan fingerprint density at radius 2 is 1.90 bits per heavy atom. The Morgan fingerprint density at radius 1 is 1.29 bits per heavy atom. The van der Waals surface area contributed by atoms with Gasteiger partial charge in [0.25, 0.3) is 0 Å². The lowest BCUT2D eigenvalue weighted by Crippen LogP contribution is -2.34. The Labute approximate surface area is 127 Å². The predicted octanol–water partition coefficient (Wildman–Crippen LogP) is 2.15. The van der Waals surface area contributed by atoms with Crippen molar-refractivity contribution in [2.45, 2.75) is 43.4 Å². The first-order valence-corrected chi connectivity index (χ1v) is 8.96. The van der Waals surface area contributed by atoms with Crippen LogP contribution in [0.5, 0.6) is 0 Å². The van der Waals surface area contributed by atoms with Gasteiger partial charge in [0.05, 0.1) is 10.1 Å². The fourth-order valence-electron chi connectivity index (χ4n) is 2.91. The highest BCUT2D eigenvalue weighted by Crippen LogP contribution is 2.30. The maximum Gasteiger partial charge on any atom is 0.183 e. The largest absolute Gasteiger partial charge is 0.300 e. The van der Waals surface area contributed by atoms with Crippen LogP contribution in [0, 0.1) is 5.92 Å². The van der Waals surface area contributed by atoms with Crippen LogP contribution in [0.15, 0.2) is 35.2 Å². The molecule has 1 aromatic carbocycles. The van der Waals surface area contributed by atoms with Gasteiger partial charge in [0.2, 0.25) is 0 Å². The summed E-state index contributed by atoms with van der Waals surface area (Å²) in [5.74, 6) is -0.463. The second-order valence-electron chi connectivity index (χ2n) is 5.82. The molecule has 0 spiro atoms. The second kappa shape index (κ2) is 6.28. The average molecular weight is 309 g/mol. The van der Waals surface area contributed by atoms with Crippen LogP contribution in [0.1, 0.15) is 27.2 Å². The molecule has 1 aromatic rings. The zero-order chi connectivity index (χ0) is 15.6. The van der Waals surface area contributed by atoms with Crippen LogP contribution in [0.2, 0.25) is 0 Å². The minimum Gasteiger partial charge on any atom is -0.300 e. The minimum absolute atomic E-state index is 0.0368. The number of carbonyl (C=O) groups is 1. The van der Waals surface area contributed by atoms with E-state index in [0.29, 0.717) is 24.0 Å². The van der Waals surface area contributed by atoms with Crippen molar-refractivity contribution in [2.24, 2.45) is 5.92 Å². The Balaban J connectivity index is 2.34. The number of rotatable bonds is 5. The van der Waals surface area contributed by atoms with E-state index >= 15 is 0 Å². The predicted molar refractivity (Wildman–Crippen MR) is 82.9 cm³/mol. The zero-order valence-electron chi connectivity index (χ0n) is 12.8. The van der Waals surface area contributed by atoms with Crippen LogP contribution in [-0.2, 0) is 14.6 Å². The Hall–Kier alpha value is -1.20. The van der Waals surface area contributed by atoms with E-state index in [9.17, 15) is 13.2 Å². The molecule has 0 amide bonds. The minimum atomic E-state index is -3.47. The van der Waals surface area contributed by atoms with Crippen LogP contribution < -0.4 is 0 Å². The third-order valence-electron chi connectivity index (χ3n) is 4.50. The molecule has 1 unspecified atom stereocenters. The van der Waals surface area contributed by atoms with Crippen LogP contribution in [-0.4, -0.2) is 43.5 Å². The van der Waals surface area contributed by atoms with Gasteiger partial charge < -0.3 is 0 Å². The van der Waals surface area contributed by atoms with Crippen LogP contribution in [0.25, 0.3) is 0 Å². The lowest BCUT2D eigenvalue weighted by atomic mass is 10.0. The standard InChI is InChI=1S/C16H23NO3S/c1-4-12(2)17-10-15(13(3)18)16(11-17)21(19,20)14-8-6-5-7-9-14/h5-9,12,15-16H,4,10-11H2,1-3H3/t12?,15-,16+/m0/s1. The highest BCUT2D eigenvalue weighted by Gasteiger charge is 2.44. The van der Waals surface area contributed by atoms with E-state index < -0.39 is 21.0 Å². The van der Waals surface area contributed by atoms with Gasteiger partial charge in [-0.1, -0.05) is 25.1 Å². The van der Waals surface area contributed by atoms with Crippen molar-refractivity contribution in [3.63, 3.8) is 0 Å². The van der Waals surface area contributed by atoms with Gasteiger partial charge in [0, 0.05) is 25.0 Å². The second-order valence-corrected chi connectivity index (χ2v) is 7.99. The van der Waals surface area contributed by atoms with Gasteiger partial charge in [-0.3, -0.25) is 9.69 Å². The summed E-state index contributed by atoms with van der Waals surface area (Å²) in [5, 5.41) is -0.633. The molecule has 0 saturated carbocycles. The normalized spacial score (nSPS) is 24.9. The van der Waals surface area contributed by atoms with Crippen LogP contribution in [0.4, 0.5) is 0 Å². The molecule has 0 aromatic heterocycles. The van der Waals surface area contributed by atoms with E-state index in [1.807, 2.05) is 0 Å². The number of carbonyl (C=O) groups excluding carboxylic acids is 1. The van der Waals surface area contributed by atoms with E-state index in [1.165, 1.54) is 6.92 Å². The van der Waals surface area contributed by atoms with Crippen molar-refractivity contribution in [3.8, 4) is 0 Å². The number of likely N-dealkylation sites (tertiary alicyclic amines) is 1. The van der Waals surface area contributed by atoms with E-state index in [4.69, 9.17) is 0 Å². The van der Waals surface area contributed by atoms with E-state index in [-0.39, 0.29) is 5.78 Å². The third-order valence-corrected chi connectivity index (χ3v) is 6.71. The number of ketones is 1. The molecule has 1 heterocycles. The third kappa shape index (κ3) is 3.19. The number of Topliss-reactive ketones (excluding diaryl/α,β-unsaturated/α-hetero) is 1. The van der Waals surface area contributed by atoms with Crippen molar-refractivity contribution in [1.29, 1.82) is 0 Å². The van der Waals surface area contributed by atoms with Gasteiger partial charge in [0.1, 0.15) is 5.78 Å². The molecule has 0 aliphatic carbocycles. The van der Waals surface area contributed by atoms with Gasteiger partial charge in [-0.2, -0.15) is 0 Å². The highest BCUT2D eigenvalue weighted by molar-refractivity contribution is 7.92. The first kappa shape index (κ1) is 16.2. The molecule has 0 bridgehead atoms. The van der Waals surface area contributed by atoms with Gasteiger partial charge in [0.15, 0.2) is 9.84 Å². The molecule has 1 aliphatic heterocycles. The highest BCUT2D eigenvalue weighted by atomic mass is 32.2. The van der Waals surface area contributed by atoms with E-state index in [2.05, 4.69) is 18.7 Å². The van der Waals surface area contributed by atoms with Crippen molar-refractivity contribution in [1.82, 2.24) is 4.90 Å². The summed E-state index contributed by atoms with van der Waals surface area (Å²) in [6, 6.07) is 8.75. The molecule has 116 valence electrons. The van der Waals surface area contributed by atoms with Crippen LogP contribution in [0.3, 0.4) is 0 Å². The Morgan fingerprint density at radius 3 is 2.43 bits per heavy atom. The average Bonchev–Trinajstić information content (AvgIpc) is 2.93. The fourth-order valence-corrected chi connectivity index (χ4v) is 4.89. The van der Waals surface area contributed by atoms with Crippen molar-refractivity contribution >= 4 is 15.6 Å². The lowest BCUT2D eigenvalue weighted by Gasteiger charge is -2.22. The van der Waals surface area contributed by atoms with Crippen LogP contribution >= 0.6 is 0 Å². The Kier molecular flexibility index (Phi) is 4.84. The quantitative estimate of drug-likeness (QED) is 0.836. The first-order valence-electron chi connectivity index (χ1n) is 7.41. The molecule has 5 heteroatoms. The lowest BCUT2D eigenvalue weighted by molar-refractivity contribution is -0.120. The van der Waals surface area contributed by atoms with E-state index in [1.54, 1.807) is 30.3 Å². The monoisotopic (exact) mass is 309 g/mol. The number of benzene rings is 1. The molecular weight excluding hydrogens is 286 g/mol. The van der Waals surface area contributed by atoms with Gasteiger partial charge in [-0.15, -0.1) is 0 Å². The molecule has 1 aliphatic rings. The van der Waals surface area contributed by atoms with Crippen molar-refractivity contribution in [2.75, 3.05) is 13.1 Å². The number of hydrogen-bond acceptors (Lipinski definition) is 4. The Bertz CT molecular complexity index is 597. The molecule has 3 atom stereocenters. The molecule has 0 N–H and O–H groups in total. The molecule has 2 rings (SSSR count). The molecule has 21 heavy (non-hydrogen) atoms. The topological polar surface area (TPSA) is 54.5 Å². The smallest absolute Gasteiger partial charge is 0.183 e. The molecular formula is C16H23NO3S. The summed E-state index contributed by atoms with van der Waals surface area (Å²) in [7, 11) is -3.47. The van der Waals surface area contributed by atoms with Gasteiger partial charge in [-0.05, 0) is 32.4 Å². The van der Waals surface area contributed by atoms with Crippen molar-refractivity contribution < 1.29 is 13.2 Å². The molecule has 4 nitrogen and oxygen atoms in total. The molecule has 1 fully saturated rings. The summed E-state index contributed by atoms with van der Waals surface area (Å²) in [6.07, 6.45) is 0.947. The number of sulfone groups is 1. The van der Waals surface area contributed by atoms with Gasteiger partial charge in [-0.25, -0.2) is 8.42 Å². The van der Waals surface area contributed by atoms with E-state index in [0.717, 1.165) is 6.42 Å². The SMILES string of the molecule is CCC(C)N1C[C@@H](S(=O)(=O)c2ccccc2)[C@H](C(C)=O)C1. The number of hydrogen-bond donors (Lipinski definition) is 0. The summed E-state index contributed by atoms with van der Waals surface area (Å²) in [6.45, 7) is 6.64. The van der Waals surface area contributed by atoms with Crippen molar-refractivity contribution in [3.05, 3.63) is 30.3 Å². The fraction of sp³-hybridized carbons (Fsp3) is 0.562. The first-order chi connectivity index (χ1) is 9.87. The molecule has 0 radical (unpaired) electrons. The maximum atomic E-state index is 12.8. The molecule has 1 saturated heterocycles. The summed E-state index contributed by atoms with van der Waals surface area (Å²) in [4.78, 5) is 14.3. The summed E-state index contributed by atoms with van der Waals surface area (Å²) < 4.78 is 25.7. The van der Waals surface area contributed by atoms with Gasteiger partial charge >= 0.3 is 0 Å². The maximum absolute atomic E-state index is 12.8. The summed E-state index contributed by atoms with van der Waals surface area (Å²) >= 11 is 0. The summed E-state index contributed by atoms with van der Waals surface area (Å²) in [5.41, 5.74) is 0. The zero-order valence-corrected chi connectivity index (χ0v) is 13.6. The number of nitrogens with zero attached hydrogens (tertiary/aromatic N) is 1.